The Morgan fingerprint density at radius 3 is 2.23 bits per heavy atom. The van der Waals surface area contributed by atoms with Crippen LogP contribution in [0.1, 0.15) is 39.2 Å². The molecule has 2 aliphatic rings. The van der Waals surface area contributed by atoms with Crippen LogP contribution in [-0.4, -0.2) is 53.0 Å². The fourth-order valence-electron chi connectivity index (χ4n) is 7.39. The molecule has 8 rings (SSSR count). The summed E-state index contributed by atoms with van der Waals surface area (Å²) in [6.07, 6.45) is 4.10. The van der Waals surface area contributed by atoms with E-state index in [9.17, 15) is 0 Å². The first-order chi connectivity index (χ1) is 23.1. The number of aromatic amines is 2. The number of halogens is 1. The van der Waals surface area contributed by atoms with E-state index >= 15 is 0 Å². The summed E-state index contributed by atoms with van der Waals surface area (Å²) in [7, 11) is 2.21. The van der Waals surface area contributed by atoms with Gasteiger partial charge in [0.05, 0.1) is 11.0 Å². The molecule has 0 atom stereocenters. The Morgan fingerprint density at radius 1 is 0.638 bits per heavy atom. The molecule has 2 aromatic heterocycles. The van der Waals surface area contributed by atoms with E-state index in [1.807, 2.05) is 6.07 Å². The zero-order chi connectivity index (χ0) is 31.7. The molecule has 4 heterocycles. The fraction of sp³-hybridized carbons (Fsp3) is 0.300. The van der Waals surface area contributed by atoms with Crippen LogP contribution in [0.25, 0.3) is 21.8 Å². The second-order valence-electron chi connectivity index (χ2n) is 13.1. The average molecular weight is 690 g/mol. The van der Waals surface area contributed by atoms with Crippen LogP contribution < -0.4 is 9.47 Å². The number of benzene rings is 4. The van der Waals surface area contributed by atoms with Crippen LogP contribution in [0.5, 0.6) is 11.5 Å². The molecule has 2 aliphatic heterocycles. The molecule has 0 amide bonds. The predicted molar refractivity (Wildman–Crippen MR) is 193 cm³/mol. The van der Waals surface area contributed by atoms with Crippen LogP contribution in [0.4, 0.5) is 0 Å². The van der Waals surface area contributed by atoms with Crippen LogP contribution in [0.2, 0.25) is 0 Å². The molecule has 0 spiro atoms. The Balaban J connectivity index is 0.934. The summed E-state index contributed by atoms with van der Waals surface area (Å²) in [5.74, 6) is 1.89. The van der Waals surface area contributed by atoms with Crippen molar-refractivity contribution in [2.75, 3.05) is 33.2 Å². The van der Waals surface area contributed by atoms with Crippen molar-refractivity contribution in [2.24, 2.45) is 0 Å². The van der Waals surface area contributed by atoms with Crippen molar-refractivity contribution < 1.29 is 9.47 Å². The number of hydrogen-bond acceptors (Lipinski definition) is 4. The predicted octanol–water partition coefficient (Wildman–Crippen LogP) is 8.20. The number of nitrogens with zero attached hydrogens (tertiary/aromatic N) is 2. The first-order valence-corrected chi connectivity index (χ1v) is 17.6. The number of likely N-dealkylation sites (N-methyl/N-ethyl adjacent to an activating group) is 1. The lowest BCUT2D eigenvalue weighted by atomic mass is 10.1. The summed E-state index contributed by atoms with van der Waals surface area (Å²) >= 11 is 3.77. The Kier molecular flexibility index (Phi) is 8.53. The number of fused-ring (bicyclic) bond motifs is 6. The van der Waals surface area contributed by atoms with Gasteiger partial charge in [-0.3, -0.25) is 4.90 Å². The molecule has 4 aromatic carbocycles. The highest BCUT2D eigenvalue weighted by molar-refractivity contribution is 9.10. The average Bonchev–Trinajstić information content (AvgIpc) is 3.51. The molecule has 0 saturated heterocycles. The van der Waals surface area contributed by atoms with Crippen LogP contribution >= 0.6 is 15.9 Å². The number of aromatic nitrogens is 2. The van der Waals surface area contributed by atoms with Crippen LogP contribution in [0.15, 0.2) is 89.4 Å². The minimum atomic E-state index is 0.551. The van der Waals surface area contributed by atoms with E-state index in [0.717, 1.165) is 85.4 Å². The van der Waals surface area contributed by atoms with Gasteiger partial charge in [0.15, 0.2) is 0 Å². The van der Waals surface area contributed by atoms with Crippen molar-refractivity contribution in [1.82, 2.24) is 19.8 Å². The van der Waals surface area contributed by atoms with Gasteiger partial charge in [0.1, 0.15) is 24.7 Å². The van der Waals surface area contributed by atoms with Gasteiger partial charge in [0.25, 0.3) is 0 Å². The smallest absolute Gasteiger partial charge is 0.143 e. The molecular weight excluding hydrogens is 648 g/mol. The summed E-state index contributed by atoms with van der Waals surface area (Å²) < 4.78 is 13.9. The van der Waals surface area contributed by atoms with Crippen LogP contribution in [0.3, 0.4) is 0 Å². The van der Waals surface area contributed by atoms with E-state index < -0.39 is 0 Å². The number of rotatable bonds is 8. The largest absolute Gasteiger partial charge is 0.488 e. The molecule has 2 N–H and O–H groups in total. The first kappa shape index (κ1) is 30.3. The maximum Gasteiger partial charge on any atom is 0.143 e. The molecule has 240 valence electrons. The van der Waals surface area contributed by atoms with Crippen molar-refractivity contribution >= 4 is 37.7 Å². The third-order valence-corrected chi connectivity index (χ3v) is 10.6. The standard InChI is InChI=1S/C40H41BrN4O2/c1-44-19-15-32-35(17-20-44)43-40-33(41)13-14-36(38(32)40)46-26-29-10-5-9-28(23-29)24-45-21-16-30-31-11-6-12-37(39(31)42-34(30)18-22-45)47-25-27-7-3-2-4-8-27/h2-14,23,42-43H,15-22,24-26H2,1H3. The quantitative estimate of drug-likeness (QED) is 0.169. The van der Waals surface area contributed by atoms with Gasteiger partial charge in [-0.25, -0.2) is 0 Å². The lowest BCUT2D eigenvalue weighted by Gasteiger charge is -2.20. The summed E-state index contributed by atoms with van der Waals surface area (Å²) in [5, 5.41) is 2.52. The topological polar surface area (TPSA) is 56.5 Å². The normalized spacial score (nSPS) is 15.7. The zero-order valence-electron chi connectivity index (χ0n) is 26.9. The highest BCUT2D eigenvalue weighted by atomic mass is 79.9. The van der Waals surface area contributed by atoms with Crippen LogP contribution in [0, 0.1) is 0 Å². The van der Waals surface area contributed by atoms with Crippen molar-refractivity contribution in [2.45, 2.75) is 45.4 Å². The molecule has 6 nitrogen and oxygen atoms in total. The monoisotopic (exact) mass is 688 g/mol. The molecule has 0 radical (unpaired) electrons. The number of ether oxygens (including phenoxy) is 2. The van der Waals surface area contributed by atoms with E-state index in [1.54, 1.807) is 0 Å². The maximum absolute atomic E-state index is 6.56. The van der Waals surface area contributed by atoms with Crippen molar-refractivity contribution in [1.29, 1.82) is 0 Å². The minimum Gasteiger partial charge on any atom is -0.488 e. The molecular formula is C40H41BrN4O2. The molecule has 47 heavy (non-hydrogen) atoms. The highest BCUT2D eigenvalue weighted by Gasteiger charge is 2.22. The molecule has 0 fully saturated rings. The van der Waals surface area contributed by atoms with Gasteiger partial charge < -0.3 is 24.3 Å². The lowest BCUT2D eigenvalue weighted by Crippen LogP contribution is -2.26. The molecule has 0 saturated carbocycles. The van der Waals surface area contributed by atoms with Gasteiger partial charge in [-0.1, -0.05) is 66.7 Å². The van der Waals surface area contributed by atoms with E-state index in [0.29, 0.717) is 13.2 Å². The lowest BCUT2D eigenvalue weighted by molar-refractivity contribution is 0.278. The third-order valence-electron chi connectivity index (χ3n) is 9.92. The summed E-state index contributed by atoms with van der Waals surface area (Å²) in [6, 6.07) is 30.0. The SMILES string of the molecule is CN1CCc2[nH]c3c(Br)ccc(OCc4cccc(CN5CCc6[nH]c7c(OCc8ccccc8)cccc7c6CC5)c4)c3c2CC1. The van der Waals surface area contributed by atoms with Gasteiger partial charge in [-0.05, 0) is 81.8 Å². The van der Waals surface area contributed by atoms with Gasteiger partial charge in [-0.2, -0.15) is 0 Å². The zero-order valence-corrected chi connectivity index (χ0v) is 28.5. The summed E-state index contributed by atoms with van der Waals surface area (Å²) in [6.45, 7) is 6.24. The summed E-state index contributed by atoms with van der Waals surface area (Å²) in [5.41, 5.74) is 11.5. The summed E-state index contributed by atoms with van der Waals surface area (Å²) in [4.78, 5) is 12.4. The Bertz CT molecular complexity index is 2030. The molecule has 0 aliphatic carbocycles. The second-order valence-corrected chi connectivity index (χ2v) is 14.0. The van der Waals surface area contributed by atoms with Gasteiger partial charge >= 0.3 is 0 Å². The molecule has 6 aromatic rings. The van der Waals surface area contributed by atoms with Crippen molar-refractivity contribution in [3.8, 4) is 11.5 Å². The van der Waals surface area contributed by atoms with Crippen molar-refractivity contribution in [3.63, 3.8) is 0 Å². The first-order valence-electron chi connectivity index (χ1n) is 16.8. The molecule has 0 bridgehead atoms. The van der Waals surface area contributed by atoms with E-state index in [-0.39, 0.29) is 0 Å². The van der Waals surface area contributed by atoms with Gasteiger partial charge in [-0.15, -0.1) is 0 Å². The Hall–Kier alpha value is -4.04. The number of H-pyrrole nitrogens is 2. The molecule has 0 unspecified atom stereocenters. The number of hydrogen-bond donors (Lipinski definition) is 2. The Morgan fingerprint density at radius 2 is 1.32 bits per heavy atom. The van der Waals surface area contributed by atoms with E-state index in [4.69, 9.17) is 9.47 Å². The van der Waals surface area contributed by atoms with Crippen molar-refractivity contribution in [3.05, 3.63) is 129 Å². The number of para-hydroxylation sites is 1. The maximum atomic E-state index is 6.56. The second kappa shape index (κ2) is 13.2. The number of nitrogens with one attached hydrogen (secondary N) is 2. The van der Waals surface area contributed by atoms with Gasteiger partial charge in [0, 0.05) is 72.2 Å². The van der Waals surface area contributed by atoms with Crippen LogP contribution in [-0.2, 0) is 45.4 Å². The highest BCUT2D eigenvalue weighted by Crippen LogP contribution is 2.38. The van der Waals surface area contributed by atoms with E-state index in [1.165, 1.54) is 50.0 Å². The fourth-order valence-corrected chi connectivity index (χ4v) is 7.82. The third kappa shape index (κ3) is 6.32. The van der Waals surface area contributed by atoms with Gasteiger partial charge in [0.2, 0.25) is 0 Å². The molecule has 7 heteroatoms. The minimum absolute atomic E-state index is 0.551. The van der Waals surface area contributed by atoms with E-state index in [2.05, 4.69) is 122 Å². The Labute approximate surface area is 284 Å².